The van der Waals surface area contributed by atoms with E-state index in [0.717, 1.165) is 4.31 Å². The summed E-state index contributed by atoms with van der Waals surface area (Å²) in [5, 5.41) is 3.90. The molecule has 0 aliphatic carbocycles. The van der Waals surface area contributed by atoms with Crippen molar-refractivity contribution in [3.8, 4) is 0 Å². The molecule has 0 fully saturated rings. The predicted octanol–water partition coefficient (Wildman–Crippen LogP) is 1.91. The van der Waals surface area contributed by atoms with Crippen molar-refractivity contribution in [2.45, 2.75) is 12.0 Å². The van der Waals surface area contributed by atoms with E-state index in [-0.39, 0.29) is 5.09 Å². The lowest BCUT2D eigenvalue weighted by molar-refractivity contribution is 0.428. The van der Waals surface area contributed by atoms with Crippen LogP contribution >= 0.6 is 15.9 Å². The van der Waals surface area contributed by atoms with Gasteiger partial charge in [0, 0.05) is 14.1 Å². The maximum absolute atomic E-state index is 12.3. The molecule has 0 saturated heterocycles. The minimum atomic E-state index is -3.71. The van der Waals surface area contributed by atoms with Crippen molar-refractivity contribution in [1.82, 2.24) is 9.78 Å². The third kappa shape index (κ3) is 2.05. The van der Waals surface area contributed by atoms with E-state index in [2.05, 4.69) is 21.0 Å². The highest BCUT2D eigenvalue weighted by molar-refractivity contribution is 9.10. The summed E-state index contributed by atoms with van der Waals surface area (Å²) in [6.45, 7) is 1.69. The molecule has 0 aliphatic heterocycles. The lowest BCUT2D eigenvalue weighted by Gasteiger charge is -2.18. The van der Waals surface area contributed by atoms with E-state index < -0.39 is 10.0 Å². The van der Waals surface area contributed by atoms with Crippen molar-refractivity contribution < 1.29 is 12.8 Å². The quantitative estimate of drug-likeness (QED) is 0.860. The monoisotopic (exact) mass is 333 g/mol. The molecule has 2 heterocycles. The molecule has 0 bridgehead atoms. The molecular weight excluding hydrogens is 322 g/mol. The van der Waals surface area contributed by atoms with E-state index in [1.54, 1.807) is 20.0 Å². The first-order chi connectivity index (χ1) is 8.34. The zero-order valence-electron chi connectivity index (χ0n) is 10.1. The van der Waals surface area contributed by atoms with Crippen molar-refractivity contribution in [2.24, 2.45) is 7.05 Å². The highest BCUT2D eigenvalue weighted by Crippen LogP contribution is 2.29. The maximum atomic E-state index is 12.3. The van der Waals surface area contributed by atoms with Crippen molar-refractivity contribution in [3.63, 3.8) is 0 Å². The molecule has 0 saturated carbocycles. The summed E-state index contributed by atoms with van der Waals surface area (Å²) in [4.78, 5) is 0. The summed E-state index contributed by atoms with van der Waals surface area (Å²) >= 11 is 3.27. The molecule has 2 aromatic heterocycles. The second-order valence-corrected chi connectivity index (χ2v) is 6.53. The SMILES string of the molecule is Cc1ccc(S(=O)(=O)N(C)c2c(Br)cnn2C)o1. The fraction of sp³-hybridized carbons (Fsp3) is 0.300. The molecule has 2 aromatic rings. The summed E-state index contributed by atoms with van der Waals surface area (Å²) in [5.41, 5.74) is 0. The Balaban J connectivity index is 2.49. The standard InChI is InChI=1S/C10H12BrN3O3S/c1-7-4-5-9(17-7)18(15,16)14(3)10-8(11)6-12-13(10)2/h4-6H,1-3H3. The highest BCUT2D eigenvalue weighted by Gasteiger charge is 2.28. The lowest BCUT2D eigenvalue weighted by atomic mass is 10.5. The first kappa shape index (κ1) is 13.2. The normalized spacial score (nSPS) is 11.8. The zero-order chi connectivity index (χ0) is 13.5. The summed E-state index contributed by atoms with van der Waals surface area (Å²) in [5.74, 6) is 0.982. The molecule has 0 N–H and O–H groups in total. The van der Waals surface area contributed by atoms with Gasteiger partial charge < -0.3 is 4.42 Å². The summed E-state index contributed by atoms with van der Waals surface area (Å²) in [6.07, 6.45) is 1.54. The Hall–Kier alpha value is -1.28. The van der Waals surface area contributed by atoms with Crippen LogP contribution in [0.1, 0.15) is 5.76 Å². The smallest absolute Gasteiger partial charge is 0.298 e. The molecule has 0 atom stereocenters. The number of halogens is 1. The number of anilines is 1. The van der Waals surface area contributed by atoms with E-state index in [0.29, 0.717) is 16.1 Å². The van der Waals surface area contributed by atoms with Crippen molar-refractivity contribution in [1.29, 1.82) is 0 Å². The number of hydrogen-bond acceptors (Lipinski definition) is 4. The van der Waals surface area contributed by atoms with Gasteiger partial charge in [0.25, 0.3) is 10.0 Å². The Labute approximate surface area is 113 Å². The third-order valence-corrected chi connectivity index (χ3v) is 4.67. The second kappa shape index (κ2) is 4.43. The van der Waals surface area contributed by atoms with Gasteiger partial charge in [-0.25, -0.2) is 4.31 Å². The molecule has 18 heavy (non-hydrogen) atoms. The van der Waals surface area contributed by atoms with Gasteiger partial charge in [0.2, 0.25) is 5.09 Å². The highest BCUT2D eigenvalue weighted by atomic mass is 79.9. The van der Waals surface area contributed by atoms with Crippen LogP contribution in [0.2, 0.25) is 0 Å². The first-order valence-corrected chi connectivity index (χ1v) is 7.30. The fourth-order valence-electron chi connectivity index (χ4n) is 1.56. The Morgan fingerprint density at radius 2 is 2.11 bits per heavy atom. The number of sulfonamides is 1. The number of aryl methyl sites for hydroxylation is 2. The topological polar surface area (TPSA) is 68.3 Å². The molecule has 0 spiro atoms. The van der Waals surface area contributed by atoms with E-state index >= 15 is 0 Å². The molecule has 6 nitrogen and oxygen atoms in total. The van der Waals surface area contributed by atoms with Crippen molar-refractivity contribution >= 4 is 31.8 Å². The maximum Gasteiger partial charge on any atom is 0.298 e. The lowest BCUT2D eigenvalue weighted by Crippen LogP contribution is -2.28. The van der Waals surface area contributed by atoms with E-state index in [1.807, 2.05) is 0 Å². The number of aromatic nitrogens is 2. The largest absolute Gasteiger partial charge is 0.448 e. The van der Waals surface area contributed by atoms with Crippen LogP contribution in [0.4, 0.5) is 5.82 Å². The molecular formula is C10H12BrN3O3S. The zero-order valence-corrected chi connectivity index (χ0v) is 12.5. The third-order valence-electron chi connectivity index (χ3n) is 2.49. The van der Waals surface area contributed by atoms with Crippen LogP contribution in [-0.4, -0.2) is 25.2 Å². The minimum Gasteiger partial charge on any atom is -0.448 e. The molecule has 98 valence electrons. The van der Waals surface area contributed by atoms with Crippen LogP contribution in [0.25, 0.3) is 0 Å². The average molecular weight is 334 g/mol. The van der Waals surface area contributed by atoms with Gasteiger partial charge in [0.1, 0.15) is 5.76 Å². The molecule has 0 radical (unpaired) electrons. The van der Waals surface area contributed by atoms with Gasteiger partial charge in [-0.2, -0.15) is 13.5 Å². The number of furan rings is 1. The van der Waals surface area contributed by atoms with Gasteiger partial charge in [0.15, 0.2) is 5.82 Å². The van der Waals surface area contributed by atoms with E-state index in [1.165, 1.54) is 24.0 Å². The van der Waals surface area contributed by atoms with Crippen molar-refractivity contribution in [2.75, 3.05) is 11.4 Å². The van der Waals surface area contributed by atoms with Crippen LogP contribution < -0.4 is 4.31 Å². The van der Waals surface area contributed by atoms with Crippen molar-refractivity contribution in [3.05, 3.63) is 28.6 Å². The predicted molar refractivity (Wildman–Crippen MR) is 69.9 cm³/mol. The van der Waals surface area contributed by atoms with Gasteiger partial charge in [-0.3, -0.25) is 4.68 Å². The average Bonchev–Trinajstić information content (AvgIpc) is 2.85. The van der Waals surface area contributed by atoms with Gasteiger partial charge >= 0.3 is 0 Å². The van der Waals surface area contributed by atoms with Crippen LogP contribution in [0.5, 0.6) is 0 Å². The second-order valence-electron chi connectivity index (χ2n) is 3.78. The fourth-order valence-corrected chi connectivity index (χ4v) is 3.48. The molecule has 0 amide bonds. The van der Waals surface area contributed by atoms with Gasteiger partial charge in [0.05, 0.1) is 10.7 Å². The number of nitrogens with zero attached hydrogens (tertiary/aromatic N) is 3. The molecule has 8 heteroatoms. The molecule has 0 aromatic carbocycles. The first-order valence-electron chi connectivity index (χ1n) is 5.07. The Morgan fingerprint density at radius 1 is 1.44 bits per heavy atom. The number of hydrogen-bond donors (Lipinski definition) is 0. The van der Waals surface area contributed by atoms with Gasteiger partial charge in [-0.1, -0.05) is 0 Å². The van der Waals surface area contributed by atoms with Crippen LogP contribution in [0, 0.1) is 6.92 Å². The summed E-state index contributed by atoms with van der Waals surface area (Å²) < 4.78 is 33.0. The molecule has 2 rings (SSSR count). The Morgan fingerprint density at radius 3 is 2.56 bits per heavy atom. The van der Waals surface area contributed by atoms with Crippen LogP contribution in [0.15, 0.2) is 32.3 Å². The van der Waals surface area contributed by atoms with Crippen LogP contribution in [0.3, 0.4) is 0 Å². The Bertz CT molecular complexity index is 655. The van der Waals surface area contributed by atoms with E-state index in [4.69, 9.17) is 4.42 Å². The van der Waals surface area contributed by atoms with Gasteiger partial charge in [-0.05, 0) is 35.0 Å². The van der Waals surface area contributed by atoms with E-state index in [9.17, 15) is 8.42 Å². The van der Waals surface area contributed by atoms with Gasteiger partial charge in [-0.15, -0.1) is 0 Å². The molecule has 0 unspecified atom stereocenters. The molecule has 0 aliphatic rings. The summed E-state index contributed by atoms with van der Waals surface area (Å²) in [6, 6.07) is 3.05. The Kier molecular flexibility index (Phi) is 3.24. The summed E-state index contributed by atoms with van der Waals surface area (Å²) in [7, 11) is -0.591. The minimum absolute atomic E-state index is 0.0874. The van der Waals surface area contributed by atoms with Crippen LogP contribution in [-0.2, 0) is 17.1 Å². The number of rotatable bonds is 3.